The van der Waals surface area contributed by atoms with E-state index in [1.54, 1.807) is 0 Å². The zero-order chi connectivity index (χ0) is 8.53. The van der Waals surface area contributed by atoms with Gasteiger partial charge in [0.25, 0.3) is 0 Å². The molecule has 0 aliphatic heterocycles. The van der Waals surface area contributed by atoms with Gasteiger partial charge < -0.3 is 9.42 Å². The quantitative estimate of drug-likeness (QED) is 0.441. The molecule has 5 heteroatoms. The van der Waals surface area contributed by atoms with Crippen LogP contribution in [0.4, 0.5) is 0 Å². The van der Waals surface area contributed by atoms with Gasteiger partial charge in [0.2, 0.25) is 0 Å². The molecule has 1 atom stereocenters. The van der Waals surface area contributed by atoms with Crippen LogP contribution in [-0.2, 0) is 30.2 Å². The largest absolute Gasteiger partial charge is 0.326 e. The first-order valence-corrected chi connectivity index (χ1v) is 5.39. The Kier molecular flexibility index (Phi) is 15.1. The van der Waals surface area contributed by atoms with E-state index in [0.29, 0.717) is 6.61 Å². The van der Waals surface area contributed by atoms with E-state index in [9.17, 15) is 4.57 Å². The first-order chi connectivity index (χ1) is 5.27. The van der Waals surface area contributed by atoms with Crippen LogP contribution in [0, 0.1) is 0 Å². The van der Waals surface area contributed by atoms with Gasteiger partial charge in [0, 0.05) is 21.1 Å². The molecule has 0 fully saturated rings. The average molecular weight is 276 g/mol. The summed E-state index contributed by atoms with van der Waals surface area (Å²) >= 11 is 0. The van der Waals surface area contributed by atoms with Crippen LogP contribution in [0.15, 0.2) is 0 Å². The van der Waals surface area contributed by atoms with Crippen molar-refractivity contribution in [3.05, 3.63) is 0 Å². The molecule has 0 aromatic carbocycles. The molecular formula is C7H17MoO3P. The minimum atomic E-state index is -2.68. The fourth-order valence-electron chi connectivity index (χ4n) is 0.865. The van der Waals surface area contributed by atoms with Gasteiger partial charge in [-0.25, -0.2) is 0 Å². The molecule has 0 aromatic heterocycles. The number of hydrogen-bond acceptors (Lipinski definition) is 2. The number of rotatable bonds is 7. The van der Waals surface area contributed by atoms with E-state index in [-0.39, 0.29) is 21.1 Å². The van der Waals surface area contributed by atoms with Gasteiger partial charge in [0.15, 0.2) is 0 Å². The molecule has 0 aliphatic carbocycles. The van der Waals surface area contributed by atoms with Crippen LogP contribution in [-0.4, -0.2) is 11.5 Å². The van der Waals surface area contributed by atoms with Gasteiger partial charge in [-0.3, -0.25) is 4.57 Å². The Morgan fingerprint density at radius 2 is 1.83 bits per heavy atom. The zero-order valence-corrected chi connectivity index (χ0v) is 10.4. The normalized spacial score (nSPS) is 12.2. The van der Waals surface area contributed by atoms with Crippen molar-refractivity contribution < 1.29 is 35.0 Å². The number of hydrogen-bond donors (Lipinski definition) is 1. The Morgan fingerprint density at radius 3 is 2.33 bits per heavy atom. The molecule has 0 bridgehead atoms. The van der Waals surface area contributed by atoms with E-state index in [2.05, 4.69) is 11.4 Å². The van der Waals surface area contributed by atoms with Gasteiger partial charge in [0.1, 0.15) is 0 Å². The van der Waals surface area contributed by atoms with E-state index in [0.717, 1.165) is 12.8 Å². The summed E-state index contributed by atoms with van der Waals surface area (Å²) < 4.78 is 14.6. The van der Waals surface area contributed by atoms with Crippen molar-refractivity contribution in [1.82, 2.24) is 0 Å². The van der Waals surface area contributed by atoms with Crippen molar-refractivity contribution in [1.29, 1.82) is 0 Å². The molecule has 0 rings (SSSR count). The van der Waals surface area contributed by atoms with Gasteiger partial charge in [-0.15, -0.1) is 0 Å². The molecule has 0 spiro atoms. The molecule has 1 unspecified atom stereocenters. The second-order valence-corrected chi connectivity index (χ2v) is 3.35. The van der Waals surface area contributed by atoms with E-state index >= 15 is 0 Å². The van der Waals surface area contributed by atoms with E-state index in [1.165, 1.54) is 19.3 Å². The van der Waals surface area contributed by atoms with Gasteiger partial charge in [-0.05, 0) is 6.42 Å². The van der Waals surface area contributed by atoms with Crippen LogP contribution in [0.3, 0.4) is 0 Å². The van der Waals surface area contributed by atoms with Gasteiger partial charge in [-0.1, -0.05) is 32.6 Å². The average Bonchev–Trinajstić information content (AvgIpc) is 1.96. The third-order valence-electron chi connectivity index (χ3n) is 1.47. The SMILES string of the molecule is CCCCCCCO[PH](=O)O.[Mo]. The monoisotopic (exact) mass is 278 g/mol. The summed E-state index contributed by atoms with van der Waals surface area (Å²) in [6.45, 7) is 2.58. The van der Waals surface area contributed by atoms with E-state index < -0.39 is 8.25 Å². The van der Waals surface area contributed by atoms with Gasteiger partial charge in [-0.2, -0.15) is 0 Å². The van der Waals surface area contributed by atoms with Crippen LogP contribution in [0.5, 0.6) is 0 Å². The Bertz CT molecular complexity index is 111. The van der Waals surface area contributed by atoms with E-state index in [4.69, 9.17) is 4.89 Å². The van der Waals surface area contributed by atoms with Crippen molar-refractivity contribution in [2.45, 2.75) is 39.0 Å². The van der Waals surface area contributed by atoms with Crippen molar-refractivity contribution >= 4 is 8.25 Å². The first-order valence-electron chi connectivity index (χ1n) is 4.13. The van der Waals surface area contributed by atoms with Gasteiger partial charge in [0.05, 0.1) is 6.61 Å². The maximum atomic E-state index is 10.1. The number of unbranched alkanes of at least 4 members (excludes halogenated alkanes) is 4. The summed E-state index contributed by atoms with van der Waals surface area (Å²) in [4.78, 5) is 8.28. The predicted octanol–water partition coefficient (Wildman–Crippen LogP) is 2.35. The summed E-state index contributed by atoms with van der Waals surface area (Å²) in [5, 5.41) is 0. The predicted molar refractivity (Wildman–Crippen MR) is 45.9 cm³/mol. The Labute approximate surface area is 89.1 Å². The van der Waals surface area contributed by atoms with Crippen molar-refractivity contribution in [3.63, 3.8) is 0 Å². The summed E-state index contributed by atoms with van der Waals surface area (Å²) in [6, 6.07) is 0. The molecule has 0 saturated carbocycles. The molecule has 3 nitrogen and oxygen atoms in total. The molecule has 0 amide bonds. The van der Waals surface area contributed by atoms with Crippen LogP contribution >= 0.6 is 8.25 Å². The van der Waals surface area contributed by atoms with Crippen LogP contribution in [0.25, 0.3) is 0 Å². The summed E-state index contributed by atoms with van der Waals surface area (Å²) in [7, 11) is -2.68. The Morgan fingerprint density at radius 1 is 1.25 bits per heavy atom. The molecule has 0 aliphatic rings. The minimum absolute atomic E-state index is 0. The summed E-state index contributed by atoms with van der Waals surface area (Å²) in [6.07, 6.45) is 5.66. The molecule has 12 heavy (non-hydrogen) atoms. The Balaban J connectivity index is 0. The fourth-order valence-corrected chi connectivity index (χ4v) is 1.18. The third kappa shape index (κ3) is 13.4. The van der Waals surface area contributed by atoms with Crippen molar-refractivity contribution in [2.75, 3.05) is 6.61 Å². The topological polar surface area (TPSA) is 46.5 Å². The Hall–Kier alpha value is 0.838. The van der Waals surface area contributed by atoms with Crippen LogP contribution in [0.2, 0.25) is 0 Å². The van der Waals surface area contributed by atoms with Gasteiger partial charge >= 0.3 is 8.25 Å². The molecule has 0 heterocycles. The third-order valence-corrected chi connectivity index (χ3v) is 1.92. The maximum absolute atomic E-state index is 10.1. The second kappa shape index (κ2) is 11.8. The second-order valence-electron chi connectivity index (χ2n) is 2.53. The molecule has 0 saturated heterocycles. The smallest absolute Gasteiger partial charge is 0.316 e. The summed E-state index contributed by atoms with van der Waals surface area (Å²) in [5.74, 6) is 0. The standard InChI is InChI=1S/C7H17O3P.Mo/c1-2-3-4-5-6-7-10-11(8)9;/h11H,2-7H2,1H3,(H,8,9);. The maximum Gasteiger partial charge on any atom is 0.316 e. The minimum Gasteiger partial charge on any atom is -0.326 e. The van der Waals surface area contributed by atoms with Crippen LogP contribution in [0.1, 0.15) is 39.0 Å². The zero-order valence-electron chi connectivity index (χ0n) is 7.41. The first kappa shape index (κ1) is 15.3. The van der Waals surface area contributed by atoms with E-state index in [1.807, 2.05) is 0 Å². The van der Waals surface area contributed by atoms with Crippen molar-refractivity contribution in [3.8, 4) is 0 Å². The molecule has 1 N–H and O–H groups in total. The molecular weight excluding hydrogens is 259 g/mol. The molecule has 74 valence electrons. The molecule has 0 radical (unpaired) electrons. The fraction of sp³-hybridized carbons (Fsp3) is 1.00. The summed E-state index contributed by atoms with van der Waals surface area (Å²) in [5.41, 5.74) is 0. The molecule has 0 aromatic rings. The van der Waals surface area contributed by atoms with Crippen LogP contribution < -0.4 is 0 Å². The van der Waals surface area contributed by atoms with Crippen molar-refractivity contribution in [2.24, 2.45) is 0 Å².